The molecule has 0 spiro atoms. The summed E-state index contributed by atoms with van der Waals surface area (Å²) in [7, 11) is -4.89. The van der Waals surface area contributed by atoms with E-state index in [-0.39, 0.29) is 78.7 Å². The van der Waals surface area contributed by atoms with E-state index in [2.05, 4.69) is 16.4 Å². The van der Waals surface area contributed by atoms with E-state index in [9.17, 15) is 22.8 Å². The van der Waals surface area contributed by atoms with Crippen molar-refractivity contribution in [3.05, 3.63) is 0 Å². The van der Waals surface area contributed by atoms with Gasteiger partial charge in [-0.05, 0) is 6.42 Å². The molecule has 162 valence electrons. The van der Waals surface area contributed by atoms with E-state index in [4.69, 9.17) is 10.3 Å². The third-order valence-corrected chi connectivity index (χ3v) is 4.88. The molecule has 0 heterocycles. The van der Waals surface area contributed by atoms with Crippen LogP contribution in [0.15, 0.2) is 0 Å². The molecule has 0 bridgehead atoms. The van der Waals surface area contributed by atoms with Crippen molar-refractivity contribution in [1.82, 2.24) is 0 Å². The molecule has 0 aromatic rings. The van der Waals surface area contributed by atoms with Crippen LogP contribution in [0.1, 0.15) is 71.1 Å². The molecule has 0 aliphatic rings. The molecular weight excluding hydrogens is 424 g/mol. The second kappa shape index (κ2) is 20.4. The maximum atomic E-state index is 11.7. The van der Waals surface area contributed by atoms with Crippen molar-refractivity contribution in [3.8, 4) is 0 Å². The van der Waals surface area contributed by atoms with Crippen LogP contribution in [0.25, 0.3) is 0 Å². The Bertz CT molecular complexity index is 572. The van der Waals surface area contributed by atoms with E-state index < -0.39 is 39.7 Å². The van der Waals surface area contributed by atoms with Gasteiger partial charge >= 0.3 is 77.0 Å². The summed E-state index contributed by atoms with van der Waals surface area (Å²) in [6, 6.07) is 0. The molecule has 0 amide bonds. The summed E-state index contributed by atoms with van der Waals surface area (Å²) in [6.45, 7) is 1.83. The summed E-state index contributed by atoms with van der Waals surface area (Å²) in [5.74, 6) is -3.34. The molecule has 12 heteroatoms. The number of unbranched alkanes of at least 4 members (excludes halogenated alkanes) is 7. The molecule has 0 saturated heterocycles. The molecule has 0 aromatic heterocycles. The molecule has 0 aromatic carbocycles. The molecule has 0 rings (SSSR count). The Morgan fingerprint density at radius 3 is 1.93 bits per heavy atom. The Labute approximate surface area is 217 Å². The van der Waals surface area contributed by atoms with Crippen LogP contribution in [-0.4, -0.2) is 108 Å². The summed E-state index contributed by atoms with van der Waals surface area (Å²) in [5, 5.41) is -2.15. The molecule has 0 saturated carbocycles. The molecule has 3 N–H and O–H groups in total. The van der Waals surface area contributed by atoms with Gasteiger partial charge in [0.15, 0.2) is 5.25 Å². The van der Waals surface area contributed by atoms with Gasteiger partial charge in [-0.15, -0.1) is 0 Å². The van der Waals surface area contributed by atoms with Gasteiger partial charge < -0.3 is 15.2 Å². The number of nitrogens with two attached hydrogens (primary N) is 1. The van der Waals surface area contributed by atoms with Crippen molar-refractivity contribution in [1.29, 1.82) is 0 Å². The number of carbonyl (C=O) groups excluding carboxylic acids is 3. The van der Waals surface area contributed by atoms with E-state index in [1.807, 2.05) is 0 Å². The Morgan fingerprint density at radius 2 is 1.45 bits per heavy atom. The molecule has 0 aliphatic heterocycles. The van der Waals surface area contributed by atoms with Crippen LogP contribution in [-0.2, 0) is 34.0 Å². The molecule has 0 aliphatic carbocycles. The Kier molecular flexibility index (Phi) is 24.0. The summed E-state index contributed by atoms with van der Waals surface area (Å²) in [5.41, 5.74) is 5.13. The molecule has 1 unspecified atom stereocenters. The number of hydrogen-bond acceptors (Lipinski definition) is 8. The number of rotatable bonds is 15. The summed E-state index contributed by atoms with van der Waals surface area (Å²) in [6.07, 6.45) is 7.25. The SMILES string of the molecule is CCCCCCCCCCC(=O)OC(=O)CC(C(=O)OCCN)S(=O)(=O)O.[NaH].[NaH]. The van der Waals surface area contributed by atoms with E-state index >= 15 is 0 Å². The topological polar surface area (TPSA) is 150 Å². The van der Waals surface area contributed by atoms with Gasteiger partial charge in [0.25, 0.3) is 10.1 Å². The average Bonchev–Trinajstić information content (AvgIpc) is 2.58. The molecule has 0 fully saturated rings. The second-order valence-corrected chi connectivity index (χ2v) is 7.83. The van der Waals surface area contributed by atoms with Gasteiger partial charge in [0.05, 0.1) is 6.42 Å². The van der Waals surface area contributed by atoms with Gasteiger partial charge in [0.2, 0.25) is 0 Å². The van der Waals surface area contributed by atoms with Crippen LogP contribution in [0.4, 0.5) is 0 Å². The van der Waals surface area contributed by atoms with Crippen molar-refractivity contribution in [3.63, 3.8) is 0 Å². The first kappa shape index (κ1) is 34.1. The minimum atomic E-state index is -4.89. The number of hydrogen-bond donors (Lipinski definition) is 2. The first-order valence-electron chi connectivity index (χ1n) is 9.28. The maximum absolute atomic E-state index is 11.7. The van der Waals surface area contributed by atoms with E-state index in [0.29, 0.717) is 6.42 Å². The predicted molar refractivity (Wildman–Crippen MR) is 113 cm³/mol. The van der Waals surface area contributed by atoms with E-state index in [1.54, 1.807) is 0 Å². The number of ether oxygens (including phenoxy) is 2. The van der Waals surface area contributed by atoms with Crippen LogP contribution in [0.3, 0.4) is 0 Å². The number of carbonyl (C=O) groups is 3. The molecule has 0 radical (unpaired) electrons. The quantitative estimate of drug-likeness (QED) is 0.117. The van der Waals surface area contributed by atoms with Gasteiger partial charge in [-0.2, -0.15) is 8.42 Å². The van der Waals surface area contributed by atoms with E-state index in [0.717, 1.165) is 25.7 Å². The fraction of sp³-hybridized carbons (Fsp3) is 0.824. The third-order valence-electron chi connectivity index (χ3n) is 3.80. The van der Waals surface area contributed by atoms with Gasteiger partial charge in [-0.3, -0.25) is 18.9 Å². The second-order valence-electron chi connectivity index (χ2n) is 6.23. The zero-order valence-corrected chi connectivity index (χ0v) is 16.7. The van der Waals surface area contributed by atoms with Gasteiger partial charge in [0, 0.05) is 13.0 Å². The van der Waals surface area contributed by atoms with Crippen LogP contribution < -0.4 is 5.73 Å². The summed E-state index contributed by atoms with van der Waals surface area (Å²) >= 11 is 0. The van der Waals surface area contributed by atoms with Crippen molar-refractivity contribution in [2.75, 3.05) is 13.2 Å². The van der Waals surface area contributed by atoms with Crippen LogP contribution in [0.2, 0.25) is 0 Å². The van der Waals surface area contributed by atoms with Gasteiger partial charge in [-0.1, -0.05) is 51.9 Å². The molecular formula is C17H33NNa2O8S. The molecule has 29 heavy (non-hydrogen) atoms. The standard InChI is InChI=1S/C17H31NO8S.2Na.2H/c1-2-3-4-5-6-7-8-9-10-15(19)26-16(20)13-14(27(22,23)24)17(21)25-12-11-18;;;;/h14H,2-13,18H2,1H3,(H,22,23,24);;;;. The van der Waals surface area contributed by atoms with Crippen molar-refractivity contribution >= 4 is 87.1 Å². The van der Waals surface area contributed by atoms with Crippen molar-refractivity contribution < 1.29 is 36.8 Å². The van der Waals surface area contributed by atoms with Crippen LogP contribution >= 0.6 is 0 Å². The summed E-state index contributed by atoms with van der Waals surface area (Å²) in [4.78, 5) is 34.9. The monoisotopic (exact) mass is 457 g/mol. The fourth-order valence-corrected chi connectivity index (χ4v) is 2.99. The zero-order chi connectivity index (χ0) is 20.7. The van der Waals surface area contributed by atoms with Gasteiger partial charge in [0.1, 0.15) is 6.61 Å². The Balaban J connectivity index is -0.00000338. The normalized spacial score (nSPS) is 11.6. The molecule has 9 nitrogen and oxygen atoms in total. The Morgan fingerprint density at radius 1 is 0.931 bits per heavy atom. The van der Waals surface area contributed by atoms with Crippen LogP contribution in [0.5, 0.6) is 0 Å². The first-order valence-corrected chi connectivity index (χ1v) is 10.8. The zero-order valence-electron chi connectivity index (χ0n) is 15.9. The average molecular weight is 457 g/mol. The van der Waals surface area contributed by atoms with Gasteiger partial charge in [-0.25, -0.2) is 0 Å². The fourth-order valence-electron chi connectivity index (χ4n) is 2.34. The predicted octanol–water partition coefficient (Wildman–Crippen LogP) is 0.438. The molecule has 1 atom stereocenters. The van der Waals surface area contributed by atoms with Crippen LogP contribution in [0, 0.1) is 0 Å². The summed E-state index contributed by atoms with van der Waals surface area (Å²) < 4.78 is 40.5. The van der Waals surface area contributed by atoms with Crippen molar-refractivity contribution in [2.45, 2.75) is 76.4 Å². The third kappa shape index (κ3) is 18.9. The number of esters is 3. The van der Waals surface area contributed by atoms with E-state index in [1.165, 1.54) is 19.3 Å². The minimum absolute atomic E-state index is 0. The first-order chi connectivity index (χ1) is 12.7. The Hall–Kier alpha value is 0.480. The van der Waals surface area contributed by atoms with Crippen molar-refractivity contribution in [2.24, 2.45) is 5.73 Å².